The van der Waals surface area contributed by atoms with Crippen LogP contribution in [-0.4, -0.2) is 0 Å². The second-order valence-electron chi connectivity index (χ2n) is 3.12. The number of hydrogen-bond donors (Lipinski definition) is 1. The van der Waals surface area contributed by atoms with Crippen LogP contribution in [-0.2, 0) is 0 Å². The third kappa shape index (κ3) is 1.63. The molecule has 3 heteroatoms. The van der Waals surface area contributed by atoms with Gasteiger partial charge < -0.3 is 5.73 Å². The van der Waals surface area contributed by atoms with Crippen LogP contribution in [0.4, 0.5) is 5.69 Å². The third-order valence-electron chi connectivity index (χ3n) is 2.03. The highest BCUT2D eigenvalue weighted by Gasteiger charge is 2.07. The number of nitrogen functional groups attached to an aromatic ring is 1. The summed E-state index contributed by atoms with van der Waals surface area (Å²) in [5.74, 6) is 0. The molecule has 0 saturated carbocycles. The quantitative estimate of drug-likeness (QED) is 0.728. The number of nitrogens with two attached hydrogens (primary N) is 1. The van der Waals surface area contributed by atoms with E-state index in [1.807, 2.05) is 18.2 Å². The first-order valence-electron chi connectivity index (χ1n) is 4.29. The molecule has 1 nitrogen and oxygen atoms in total. The van der Waals surface area contributed by atoms with Gasteiger partial charge in [0.05, 0.1) is 10.7 Å². The van der Waals surface area contributed by atoms with E-state index in [0.717, 1.165) is 5.56 Å². The van der Waals surface area contributed by atoms with Gasteiger partial charge in [-0.05, 0) is 25.1 Å². The molecule has 1 aromatic heterocycles. The van der Waals surface area contributed by atoms with Gasteiger partial charge in [-0.3, -0.25) is 0 Å². The van der Waals surface area contributed by atoms with Crippen LogP contribution in [0.25, 0.3) is 10.4 Å². The van der Waals surface area contributed by atoms with Crippen molar-refractivity contribution in [1.29, 1.82) is 0 Å². The summed E-state index contributed by atoms with van der Waals surface area (Å²) in [5.41, 5.74) is 7.39. The Bertz CT molecular complexity index is 462. The summed E-state index contributed by atoms with van der Waals surface area (Å²) >= 11 is 7.84. The molecule has 0 radical (unpaired) electrons. The van der Waals surface area contributed by atoms with Crippen LogP contribution >= 0.6 is 22.9 Å². The Kier molecular flexibility index (Phi) is 2.48. The molecule has 0 fully saturated rings. The minimum Gasteiger partial charge on any atom is -0.398 e. The lowest BCUT2D eigenvalue weighted by molar-refractivity contribution is 1.64. The SMILES string of the molecule is Cc1ccc(-c2cccc(N)c2Cl)s1. The lowest BCUT2D eigenvalue weighted by atomic mass is 10.1. The Hall–Kier alpha value is -0.990. The zero-order chi connectivity index (χ0) is 10.1. The van der Waals surface area contributed by atoms with Crippen molar-refractivity contribution in [2.24, 2.45) is 0 Å². The average molecular weight is 224 g/mol. The summed E-state index contributed by atoms with van der Waals surface area (Å²) in [6.45, 7) is 2.08. The molecular weight excluding hydrogens is 214 g/mol. The molecule has 1 aromatic carbocycles. The smallest absolute Gasteiger partial charge is 0.0721 e. The summed E-state index contributed by atoms with van der Waals surface area (Å²) in [5, 5.41) is 0.648. The van der Waals surface area contributed by atoms with E-state index >= 15 is 0 Å². The minimum atomic E-state index is 0.634. The Balaban J connectivity index is 2.57. The summed E-state index contributed by atoms with van der Waals surface area (Å²) in [6.07, 6.45) is 0. The molecule has 0 unspecified atom stereocenters. The first kappa shape index (κ1) is 9.56. The number of rotatable bonds is 1. The lowest BCUT2D eigenvalue weighted by Gasteiger charge is -2.03. The fourth-order valence-corrected chi connectivity index (χ4v) is 2.50. The normalized spacial score (nSPS) is 10.4. The number of anilines is 1. The van der Waals surface area contributed by atoms with Gasteiger partial charge in [-0.15, -0.1) is 11.3 Å². The summed E-state index contributed by atoms with van der Waals surface area (Å²) in [4.78, 5) is 2.44. The van der Waals surface area contributed by atoms with E-state index in [2.05, 4.69) is 19.1 Å². The predicted molar refractivity (Wildman–Crippen MR) is 63.9 cm³/mol. The van der Waals surface area contributed by atoms with E-state index in [1.165, 1.54) is 9.75 Å². The fraction of sp³-hybridized carbons (Fsp3) is 0.0909. The topological polar surface area (TPSA) is 26.0 Å². The van der Waals surface area contributed by atoms with Crippen molar-refractivity contribution in [3.05, 3.63) is 40.2 Å². The molecule has 14 heavy (non-hydrogen) atoms. The van der Waals surface area contributed by atoms with Gasteiger partial charge in [-0.25, -0.2) is 0 Å². The van der Waals surface area contributed by atoms with Crippen molar-refractivity contribution >= 4 is 28.6 Å². The van der Waals surface area contributed by atoms with Gasteiger partial charge in [0.1, 0.15) is 0 Å². The Morgan fingerprint density at radius 1 is 1.21 bits per heavy atom. The molecule has 0 aliphatic carbocycles. The predicted octanol–water partition coefficient (Wildman–Crippen LogP) is 3.96. The Labute approximate surface area is 92.1 Å². The van der Waals surface area contributed by atoms with Crippen LogP contribution < -0.4 is 5.73 Å². The number of halogens is 1. The molecule has 1 heterocycles. The number of thiophene rings is 1. The molecule has 2 N–H and O–H groups in total. The van der Waals surface area contributed by atoms with Gasteiger partial charge in [0.15, 0.2) is 0 Å². The van der Waals surface area contributed by atoms with Crippen LogP contribution in [0.2, 0.25) is 5.02 Å². The molecule has 72 valence electrons. The van der Waals surface area contributed by atoms with Crippen molar-refractivity contribution in [3.8, 4) is 10.4 Å². The number of aryl methyl sites for hydroxylation is 1. The van der Waals surface area contributed by atoms with Crippen LogP contribution in [0, 0.1) is 6.92 Å². The van der Waals surface area contributed by atoms with E-state index in [0.29, 0.717) is 10.7 Å². The molecule has 0 amide bonds. The minimum absolute atomic E-state index is 0.634. The van der Waals surface area contributed by atoms with Gasteiger partial charge in [-0.2, -0.15) is 0 Å². The zero-order valence-electron chi connectivity index (χ0n) is 7.75. The summed E-state index contributed by atoms with van der Waals surface area (Å²) in [6, 6.07) is 9.88. The summed E-state index contributed by atoms with van der Waals surface area (Å²) < 4.78 is 0. The highest BCUT2D eigenvalue weighted by Crippen LogP contribution is 2.35. The van der Waals surface area contributed by atoms with E-state index in [-0.39, 0.29) is 0 Å². The van der Waals surface area contributed by atoms with Crippen molar-refractivity contribution < 1.29 is 0 Å². The maximum absolute atomic E-state index is 6.12. The molecule has 0 bridgehead atoms. The lowest BCUT2D eigenvalue weighted by Crippen LogP contribution is -1.86. The molecule has 0 atom stereocenters. The van der Waals surface area contributed by atoms with Crippen molar-refractivity contribution in [1.82, 2.24) is 0 Å². The Morgan fingerprint density at radius 2 is 2.00 bits per heavy atom. The molecule has 0 saturated heterocycles. The van der Waals surface area contributed by atoms with Crippen molar-refractivity contribution in [2.75, 3.05) is 5.73 Å². The third-order valence-corrected chi connectivity index (χ3v) is 3.49. The average Bonchev–Trinajstić information content (AvgIpc) is 2.57. The highest BCUT2D eigenvalue weighted by atomic mass is 35.5. The molecule has 0 spiro atoms. The van der Waals surface area contributed by atoms with Gasteiger partial charge in [0, 0.05) is 15.3 Å². The van der Waals surface area contributed by atoms with Crippen LogP contribution in [0.15, 0.2) is 30.3 Å². The second-order valence-corrected chi connectivity index (χ2v) is 4.78. The Morgan fingerprint density at radius 3 is 2.64 bits per heavy atom. The molecule has 0 aliphatic heterocycles. The fourth-order valence-electron chi connectivity index (χ4n) is 1.32. The van der Waals surface area contributed by atoms with Gasteiger partial charge >= 0.3 is 0 Å². The van der Waals surface area contributed by atoms with Gasteiger partial charge in [0.2, 0.25) is 0 Å². The molecule has 0 aliphatic rings. The summed E-state index contributed by atoms with van der Waals surface area (Å²) in [7, 11) is 0. The second kappa shape index (κ2) is 3.64. The van der Waals surface area contributed by atoms with Crippen molar-refractivity contribution in [3.63, 3.8) is 0 Å². The van der Waals surface area contributed by atoms with Crippen LogP contribution in [0.1, 0.15) is 4.88 Å². The van der Waals surface area contributed by atoms with Crippen LogP contribution in [0.3, 0.4) is 0 Å². The number of benzene rings is 1. The zero-order valence-corrected chi connectivity index (χ0v) is 9.32. The monoisotopic (exact) mass is 223 g/mol. The van der Waals surface area contributed by atoms with E-state index in [4.69, 9.17) is 17.3 Å². The first-order valence-corrected chi connectivity index (χ1v) is 5.49. The van der Waals surface area contributed by atoms with E-state index < -0.39 is 0 Å². The largest absolute Gasteiger partial charge is 0.398 e. The standard InChI is InChI=1S/C11H10ClNS/c1-7-5-6-10(14-7)8-3-2-4-9(13)11(8)12/h2-6H,13H2,1H3. The number of hydrogen-bond acceptors (Lipinski definition) is 2. The van der Waals surface area contributed by atoms with E-state index in [9.17, 15) is 0 Å². The first-order chi connectivity index (χ1) is 6.68. The van der Waals surface area contributed by atoms with Gasteiger partial charge in [0.25, 0.3) is 0 Å². The van der Waals surface area contributed by atoms with Crippen molar-refractivity contribution in [2.45, 2.75) is 6.92 Å². The molecule has 2 aromatic rings. The maximum Gasteiger partial charge on any atom is 0.0721 e. The highest BCUT2D eigenvalue weighted by molar-refractivity contribution is 7.15. The van der Waals surface area contributed by atoms with Crippen LogP contribution in [0.5, 0.6) is 0 Å². The van der Waals surface area contributed by atoms with E-state index in [1.54, 1.807) is 11.3 Å². The molecular formula is C11H10ClNS. The van der Waals surface area contributed by atoms with Gasteiger partial charge in [-0.1, -0.05) is 23.7 Å². The maximum atomic E-state index is 6.12. The molecule has 2 rings (SSSR count).